The maximum atomic E-state index is 13.1. The minimum absolute atomic E-state index is 0.498. The van der Waals surface area contributed by atoms with Crippen molar-refractivity contribution in [3.05, 3.63) is 11.8 Å². The maximum Gasteiger partial charge on any atom is 0.264 e. The van der Waals surface area contributed by atoms with Crippen LogP contribution in [-0.2, 0) is 0 Å². The van der Waals surface area contributed by atoms with Crippen LogP contribution in [0.5, 0.6) is 0 Å². The van der Waals surface area contributed by atoms with Crippen LogP contribution in [0.4, 0.5) is 4.11 Å². The average molecular weight is 174 g/mol. The molecule has 0 aromatic rings. The molecule has 11 heavy (non-hydrogen) atoms. The van der Waals surface area contributed by atoms with Crippen molar-refractivity contribution in [3.63, 3.8) is 0 Å². The predicted octanol–water partition coefficient (Wildman–Crippen LogP) is 3.55. The largest absolute Gasteiger partial charge is 0.309 e. The summed E-state index contributed by atoms with van der Waals surface area (Å²) in [6, 6.07) is 0. The van der Waals surface area contributed by atoms with E-state index in [0.29, 0.717) is 11.8 Å². The molecule has 0 spiro atoms. The van der Waals surface area contributed by atoms with Gasteiger partial charge in [0, 0.05) is 0 Å². The van der Waals surface area contributed by atoms with E-state index in [1.165, 1.54) is 0 Å². The van der Waals surface area contributed by atoms with E-state index in [9.17, 15) is 4.11 Å². The van der Waals surface area contributed by atoms with E-state index in [-0.39, 0.29) is 0 Å². The molecule has 0 saturated carbocycles. The van der Waals surface area contributed by atoms with Gasteiger partial charge in [-0.3, -0.25) is 0 Å². The first kappa shape index (κ1) is 10.9. The first-order chi connectivity index (χ1) is 4.83. The molecule has 0 nitrogen and oxygen atoms in total. The zero-order chi connectivity index (χ0) is 9.07. The highest BCUT2D eigenvalue weighted by atomic mass is 28.4. The van der Waals surface area contributed by atoms with Gasteiger partial charge in [0.1, 0.15) is 0 Å². The van der Waals surface area contributed by atoms with E-state index in [0.717, 1.165) is 0 Å². The van der Waals surface area contributed by atoms with E-state index in [1.807, 2.05) is 6.08 Å². The molecular formula is C9H19FSi. The zero-order valence-corrected chi connectivity index (χ0v) is 9.19. The van der Waals surface area contributed by atoms with Crippen LogP contribution in [0.25, 0.3) is 0 Å². The van der Waals surface area contributed by atoms with Gasteiger partial charge in [0.2, 0.25) is 0 Å². The topological polar surface area (TPSA) is 0 Å². The Hall–Kier alpha value is -0.113. The van der Waals surface area contributed by atoms with Crippen molar-refractivity contribution in [2.75, 3.05) is 0 Å². The Bertz CT molecular complexity index is 133. The van der Waals surface area contributed by atoms with Crippen molar-refractivity contribution < 1.29 is 4.11 Å². The molecular weight excluding hydrogens is 155 g/mol. The summed E-state index contributed by atoms with van der Waals surface area (Å²) in [7, 11) is -2.45. The number of rotatable bonds is 3. The molecule has 1 unspecified atom stereocenters. The molecule has 0 aliphatic rings. The van der Waals surface area contributed by atoms with Crippen LogP contribution in [-0.4, -0.2) is 8.41 Å². The van der Waals surface area contributed by atoms with Gasteiger partial charge in [-0.15, -0.1) is 0 Å². The van der Waals surface area contributed by atoms with E-state index in [2.05, 4.69) is 20.8 Å². The van der Waals surface area contributed by atoms with Gasteiger partial charge in [-0.2, -0.15) is 0 Å². The Morgan fingerprint density at radius 3 is 1.91 bits per heavy atom. The summed E-state index contributed by atoms with van der Waals surface area (Å²) in [6.07, 6.45) is 2.01. The highest BCUT2D eigenvalue weighted by Crippen LogP contribution is 2.13. The summed E-state index contributed by atoms with van der Waals surface area (Å²) in [5.41, 5.74) is 1.78. The summed E-state index contributed by atoms with van der Waals surface area (Å²) in [5.74, 6) is 1.11. The molecule has 0 aromatic heterocycles. The van der Waals surface area contributed by atoms with Gasteiger partial charge in [0.05, 0.1) is 0 Å². The van der Waals surface area contributed by atoms with Crippen molar-refractivity contribution >= 4 is 8.41 Å². The number of allylic oxidation sites excluding steroid dienone is 1. The summed E-state index contributed by atoms with van der Waals surface area (Å²) in [6.45, 7) is 9.85. The van der Waals surface area contributed by atoms with Gasteiger partial charge in [-0.05, 0) is 24.9 Å². The molecule has 0 bridgehead atoms. The minimum Gasteiger partial charge on any atom is -0.309 e. The molecule has 0 aliphatic carbocycles. The third-order valence-electron chi connectivity index (χ3n) is 1.85. The van der Waals surface area contributed by atoms with Crippen LogP contribution in [0, 0.1) is 11.8 Å². The van der Waals surface area contributed by atoms with Gasteiger partial charge in [-0.1, -0.05) is 32.5 Å². The highest BCUT2D eigenvalue weighted by Gasteiger charge is 2.15. The van der Waals surface area contributed by atoms with E-state index >= 15 is 0 Å². The van der Waals surface area contributed by atoms with Gasteiger partial charge in [0.15, 0.2) is 0 Å². The number of halogens is 1. The van der Waals surface area contributed by atoms with Crippen molar-refractivity contribution in [2.24, 2.45) is 11.8 Å². The lowest BCUT2D eigenvalue weighted by atomic mass is 9.99. The van der Waals surface area contributed by atoms with Crippen molar-refractivity contribution in [2.45, 2.75) is 33.9 Å². The average Bonchev–Trinajstić information content (AvgIpc) is 1.80. The van der Waals surface area contributed by atoms with Crippen molar-refractivity contribution in [1.29, 1.82) is 0 Å². The summed E-state index contributed by atoms with van der Waals surface area (Å²) in [5, 5.41) is 0. The summed E-state index contributed by atoms with van der Waals surface area (Å²) in [4.78, 5) is 0. The predicted molar refractivity (Wildman–Crippen MR) is 51.7 cm³/mol. The molecule has 0 saturated heterocycles. The van der Waals surface area contributed by atoms with Crippen LogP contribution in [0.15, 0.2) is 11.8 Å². The monoisotopic (exact) mass is 174 g/mol. The Morgan fingerprint density at radius 1 is 1.18 bits per heavy atom. The summed E-state index contributed by atoms with van der Waals surface area (Å²) < 4.78 is 13.1. The standard InChI is InChI=1S/C9H19FSi/c1-8(2)9(3)6-7-11(4,5)10/h6-9H,1-5H3/b7-6+. The van der Waals surface area contributed by atoms with Crippen molar-refractivity contribution in [3.8, 4) is 0 Å². The lowest BCUT2D eigenvalue weighted by molar-refractivity contribution is 0.504. The molecule has 2 heteroatoms. The van der Waals surface area contributed by atoms with Crippen LogP contribution in [0.2, 0.25) is 13.1 Å². The Kier molecular flexibility index (Phi) is 4.01. The Labute approximate surface area is 70.7 Å². The molecule has 0 aliphatic heterocycles. The lowest BCUT2D eigenvalue weighted by Gasteiger charge is -2.11. The molecule has 0 aromatic carbocycles. The van der Waals surface area contributed by atoms with Crippen LogP contribution < -0.4 is 0 Å². The van der Waals surface area contributed by atoms with Gasteiger partial charge in [-0.25, -0.2) is 0 Å². The highest BCUT2D eigenvalue weighted by molar-refractivity contribution is 6.75. The van der Waals surface area contributed by atoms with E-state index in [1.54, 1.807) is 18.8 Å². The fraction of sp³-hybridized carbons (Fsp3) is 0.778. The molecule has 0 fully saturated rings. The van der Waals surface area contributed by atoms with Crippen LogP contribution in [0.1, 0.15) is 20.8 Å². The first-order valence-corrected chi connectivity index (χ1v) is 7.17. The third-order valence-corrected chi connectivity index (χ3v) is 2.83. The van der Waals surface area contributed by atoms with Crippen molar-refractivity contribution in [1.82, 2.24) is 0 Å². The third kappa shape index (κ3) is 6.29. The lowest BCUT2D eigenvalue weighted by Crippen LogP contribution is -2.14. The second-order valence-electron chi connectivity index (χ2n) is 4.03. The van der Waals surface area contributed by atoms with Gasteiger partial charge in [0.25, 0.3) is 8.41 Å². The zero-order valence-electron chi connectivity index (χ0n) is 8.19. The number of hydrogen-bond donors (Lipinski definition) is 0. The van der Waals surface area contributed by atoms with Gasteiger partial charge >= 0.3 is 0 Å². The molecule has 0 rings (SSSR count). The SMILES string of the molecule is CC(C)C(C)/C=C/[Si](C)(C)F. The molecule has 1 atom stereocenters. The minimum atomic E-state index is -2.45. The smallest absolute Gasteiger partial charge is 0.264 e. The van der Waals surface area contributed by atoms with E-state index < -0.39 is 8.41 Å². The fourth-order valence-corrected chi connectivity index (χ4v) is 1.36. The molecule has 0 N–H and O–H groups in total. The first-order valence-electron chi connectivity index (χ1n) is 4.21. The fourth-order valence-electron chi connectivity index (χ4n) is 0.603. The Balaban J connectivity index is 3.93. The molecule has 0 radical (unpaired) electrons. The van der Waals surface area contributed by atoms with Crippen LogP contribution >= 0.6 is 0 Å². The van der Waals surface area contributed by atoms with Gasteiger partial charge < -0.3 is 4.11 Å². The molecule has 66 valence electrons. The molecule has 0 amide bonds. The second kappa shape index (κ2) is 4.05. The number of hydrogen-bond acceptors (Lipinski definition) is 0. The maximum absolute atomic E-state index is 13.1. The normalized spacial score (nSPS) is 16.3. The van der Waals surface area contributed by atoms with E-state index in [4.69, 9.17) is 0 Å². The van der Waals surface area contributed by atoms with Crippen LogP contribution in [0.3, 0.4) is 0 Å². The Morgan fingerprint density at radius 2 is 1.64 bits per heavy atom. The summed E-state index contributed by atoms with van der Waals surface area (Å²) >= 11 is 0. The second-order valence-corrected chi connectivity index (χ2v) is 7.49. The quantitative estimate of drug-likeness (QED) is 0.453. The molecule has 0 heterocycles.